The summed E-state index contributed by atoms with van der Waals surface area (Å²) in [4.78, 5) is 0. The Morgan fingerprint density at radius 1 is 1.47 bits per heavy atom. The van der Waals surface area contributed by atoms with Gasteiger partial charge < -0.3 is 5.73 Å². The minimum Gasteiger partial charge on any atom is -0.384 e. The molecule has 2 N–H and O–H groups in total. The molecule has 1 aliphatic heterocycles. The topological polar surface area (TPSA) is 78.0 Å². The summed E-state index contributed by atoms with van der Waals surface area (Å²) in [5.74, 6) is 1.41. The first kappa shape index (κ1) is 10.5. The van der Waals surface area contributed by atoms with Crippen molar-refractivity contribution < 1.29 is 8.42 Å². The predicted molar refractivity (Wildman–Crippen MR) is 58.2 cm³/mol. The first-order valence-electron chi connectivity index (χ1n) is 4.98. The van der Waals surface area contributed by atoms with Crippen LogP contribution < -0.4 is 5.73 Å². The Labute approximate surface area is 89.2 Å². The monoisotopic (exact) mass is 229 g/mol. The van der Waals surface area contributed by atoms with E-state index in [1.165, 1.54) is 0 Å². The number of anilines is 1. The van der Waals surface area contributed by atoms with E-state index in [0.29, 0.717) is 18.7 Å². The maximum absolute atomic E-state index is 11.2. The zero-order valence-corrected chi connectivity index (χ0v) is 9.50. The molecule has 1 fully saturated rings. The number of nitrogens with zero attached hydrogens (tertiary/aromatic N) is 2. The first-order chi connectivity index (χ1) is 6.98. The summed E-state index contributed by atoms with van der Waals surface area (Å²) in [5, 5.41) is 4.28. The summed E-state index contributed by atoms with van der Waals surface area (Å²) < 4.78 is 24.1. The van der Waals surface area contributed by atoms with Crippen LogP contribution in [0.15, 0.2) is 6.07 Å². The quantitative estimate of drug-likeness (QED) is 0.751. The fraction of sp³-hybridized carbons (Fsp3) is 0.667. The molecule has 5 nitrogen and oxygen atoms in total. The molecule has 2 rings (SSSR count). The van der Waals surface area contributed by atoms with Gasteiger partial charge in [0.05, 0.1) is 17.2 Å². The van der Waals surface area contributed by atoms with Gasteiger partial charge >= 0.3 is 0 Å². The van der Waals surface area contributed by atoms with Gasteiger partial charge in [0.1, 0.15) is 15.7 Å². The second-order valence-electron chi connectivity index (χ2n) is 4.04. The third-order valence-electron chi connectivity index (χ3n) is 2.91. The van der Waals surface area contributed by atoms with Crippen LogP contribution >= 0.6 is 0 Å². The molecule has 1 saturated heterocycles. The summed E-state index contributed by atoms with van der Waals surface area (Å²) in [5.41, 5.74) is 6.60. The number of hydrogen-bond acceptors (Lipinski definition) is 4. The summed E-state index contributed by atoms with van der Waals surface area (Å²) >= 11 is 0. The van der Waals surface area contributed by atoms with Crippen molar-refractivity contribution in [2.75, 3.05) is 17.2 Å². The Balaban J connectivity index is 2.14. The number of nitrogen functional groups attached to an aromatic ring is 1. The fourth-order valence-electron chi connectivity index (χ4n) is 1.89. The molecule has 0 aliphatic carbocycles. The van der Waals surface area contributed by atoms with Crippen molar-refractivity contribution in [2.24, 2.45) is 7.05 Å². The molecule has 1 aliphatic rings. The van der Waals surface area contributed by atoms with Gasteiger partial charge in [-0.05, 0) is 12.8 Å². The number of nitrogens with two attached hydrogens (primary N) is 1. The first-order valence-corrected chi connectivity index (χ1v) is 6.80. The minimum absolute atomic E-state index is 0.247. The summed E-state index contributed by atoms with van der Waals surface area (Å²) in [6, 6.07) is 1.84. The van der Waals surface area contributed by atoms with Gasteiger partial charge in [-0.3, -0.25) is 4.68 Å². The van der Waals surface area contributed by atoms with Crippen LogP contribution in [0.2, 0.25) is 0 Å². The highest BCUT2D eigenvalue weighted by Crippen LogP contribution is 2.28. The molecule has 0 bridgehead atoms. The van der Waals surface area contributed by atoms with Crippen LogP contribution in [0, 0.1) is 0 Å². The van der Waals surface area contributed by atoms with E-state index in [9.17, 15) is 8.42 Å². The van der Waals surface area contributed by atoms with Gasteiger partial charge in [0.15, 0.2) is 0 Å². The van der Waals surface area contributed by atoms with Gasteiger partial charge in [0.25, 0.3) is 0 Å². The zero-order chi connectivity index (χ0) is 11.1. The molecule has 1 aromatic rings. The van der Waals surface area contributed by atoms with Crippen LogP contribution in [0.25, 0.3) is 0 Å². The van der Waals surface area contributed by atoms with Crippen molar-refractivity contribution in [3.05, 3.63) is 11.8 Å². The lowest BCUT2D eigenvalue weighted by molar-refractivity contribution is 0.540. The van der Waals surface area contributed by atoms with E-state index in [1.807, 2.05) is 6.07 Å². The van der Waals surface area contributed by atoms with Gasteiger partial charge in [0, 0.05) is 19.0 Å². The zero-order valence-electron chi connectivity index (χ0n) is 8.68. The summed E-state index contributed by atoms with van der Waals surface area (Å²) in [7, 11) is -1.00. The lowest BCUT2D eigenvalue weighted by Crippen LogP contribution is -2.22. The molecule has 0 amide bonds. The second kappa shape index (κ2) is 3.52. The van der Waals surface area contributed by atoms with E-state index >= 15 is 0 Å². The normalized spacial score (nSPS) is 21.7. The van der Waals surface area contributed by atoms with Crippen LogP contribution in [0.4, 0.5) is 5.82 Å². The number of hydrogen-bond donors (Lipinski definition) is 1. The third-order valence-corrected chi connectivity index (χ3v) is 4.62. The molecule has 0 saturated carbocycles. The average Bonchev–Trinajstić information content (AvgIpc) is 2.47. The van der Waals surface area contributed by atoms with Gasteiger partial charge in [-0.25, -0.2) is 8.42 Å². The molecule has 0 unspecified atom stereocenters. The summed E-state index contributed by atoms with van der Waals surface area (Å²) in [6.07, 6.45) is 1.33. The van der Waals surface area contributed by atoms with Gasteiger partial charge in [0.2, 0.25) is 0 Å². The van der Waals surface area contributed by atoms with Crippen molar-refractivity contribution in [3.8, 4) is 0 Å². The molecule has 15 heavy (non-hydrogen) atoms. The number of aryl methyl sites for hydroxylation is 1. The Morgan fingerprint density at radius 3 is 2.53 bits per heavy atom. The SMILES string of the molecule is Cn1nc(C2CCS(=O)(=O)CC2)cc1N. The fourth-order valence-corrected chi connectivity index (χ4v) is 3.38. The van der Waals surface area contributed by atoms with Crippen molar-refractivity contribution in [1.82, 2.24) is 9.78 Å². The van der Waals surface area contributed by atoms with E-state index in [-0.39, 0.29) is 17.4 Å². The molecule has 0 radical (unpaired) electrons. The van der Waals surface area contributed by atoms with Crippen LogP contribution in [0.1, 0.15) is 24.5 Å². The highest BCUT2D eigenvalue weighted by Gasteiger charge is 2.26. The van der Waals surface area contributed by atoms with E-state index in [0.717, 1.165) is 5.69 Å². The molecule has 0 atom stereocenters. The van der Waals surface area contributed by atoms with Gasteiger partial charge in [-0.1, -0.05) is 0 Å². The molecule has 0 spiro atoms. The van der Waals surface area contributed by atoms with Crippen LogP contribution in [-0.4, -0.2) is 29.7 Å². The maximum Gasteiger partial charge on any atom is 0.150 e. The Hall–Kier alpha value is -1.04. The number of aromatic nitrogens is 2. The Bertz CT molecular complexity index is 430. The van der Waals surface area contributed by atoms with Crippen molar-refractivity contribution in [1.29, 1.82) is 0 Å². The Morgan fingerprint density at radius 2 is 2.07 bits per heavy atom. The lowest BCUT2D eigenvalue weighted by Gasteiger charge is -2.19. The third kappa shape index (κ3) is 2.14. The standard InChI is InChI=1S/C9H15N3O2S/c1-12-9(10)6-8(11-12)7-2-4-15(13,14)5-3-7/h6-7H,2-5,10H2,1H3. The van der Waals surface area contributed by atoms with Crippen LogP contribution in [0.3, 0.4) is 0 Å². The minimum atomic E-state index is -2.79. The second-order valence-corrected chi connectivity index (χ2v) is 6.35. The van der Waals surface area contributed by atoms with Crippen molar-refractivity contribution in [3.63, 3.8) is 0 Å². The van der Waals surface area contributed by atoms with Crippen LogP contribution in [-0.2, 0) is 16.9 Å². The van der Waals surface area contributed by atoms with Crippen molar-refractivity contribution in [2.45, 2.75) is 18.8 Å². The largest absolute Gasteiger partial charge is 0.384 e. The van der Waals surface area contributed by atoms with Crippen molar-refractivity contribution >= 4 is 15.7 Å². The highest BCUT2D eigenvalue weighted by atomic mass is 32.2. The summed E-state index contributed by atoms with van der Waals surface area (Å²) in [6.45, 7) is 0. The van der Waals surface area contributed by atoms with E-state index in [2.05, 4.69) is 5.10 Å². The average molecular weight is 229 g/mol. The predicted octanol–water partition coefficient (Wildman–Crippen LogP) is 0.295. The highest BCUT2D eigenvalue weighted by molar-refractivity contribution is 7.91. The molecule has 6 heteroatoms. The smallest absolute Gasteiger partial charge is 0.150 e. The van der Waals surface area contributed by atoms with E-state index in [1.54, 1.807) is 11.7 Å². The van der Waals surface area contributed by atoms with E-state index < -0.39 is 9.84 Å². The van der Waals surface area contributed by atoms with Crippen LogP contribution in [0.5, 0.6) is 0 Å². The molecular weight excluding hydrogens is 214 g/mol. The molecule has 2 heterocycles. The maximum atomic E-state index is 11.2. The van der Waals surface area contributed by atoms with Gasteiger partial charge in [-0.2, -0.15) is 5.10 Å². The molecule has 84 valence electrons. The van der Waals surface area contributed by atoms with E-state index in [4.69, 9.17) is 5.73 Å². The Kier molecular flexibility index (Phi) is 2.46. The molecular formula is C9H15N3O2S. The molecule has 1 aromatic heterocycles. The number of rotatable bonds is 1. The molecule has 0 aromatic carbocycles. The van der Waals surface area contributed by atoms with Gasteiger partial charge in [-0.15, -0.1) is 0 Å². The number of sulfone groups is 1. The lowest BCUT2D eigenvalue weighted by atomic mass is 9.99.